The van der Waals surface area contributed by atoms with Gasteiger partial charge < -0.3 is 14.4 Å². The van der Waals surface area contributed by atoms with Crippen molar-refractivity contribution in [2.24, 2.45) is 0 Å². The molecule has 2 heterocycles. The molecule has 0 amide bonds. The van der Waals surface area contributed by atoms with Crippen LogP contribution >= 0.6 is 0 Å². The van der Waals surface area contributed by atoms with Gasteiger partial charge in [0, 0.05) is 39.2 Å². The normalized spacial score (nSPS) is 12.7. The van der Waals surface area contributed by atoms with Gasteiger partial charge in [0.05, 0.1) is 27.8 Å². The van der Waals surface area contributed by atoms with Gasteiger partial charge >= 0.3 is 0 Å². The van der Waals surface area contributed by atoms with Crippen LogP contribution in [0.5, 0.6) is 0 Å². The molecule has 1 aliphatic rings. The predicted octanol–water partition coefficient (Wildman–Crippen LogP) is 17.8. The van der Waals surface area contributed by atoms with Crippen molar-refractivity contribution in [3.05, 3.63) is 307 Å². The molecule has 0 N–H and O–H groups in total. The highest BCUT2D eigenvalue weighted by Gasteiger charge is 2.46. The molecule has 0 fully saturated rings. The molecule has 0 unspecified atom stereocenters. The fourth-order valence-corrected chi connectivity index (χ4v) is 11.2. The Morgan fingerprint density at radius 3 is 1.50 bits per heavy atom. The summed E-state index contributed by atoms with van der Waals surface area (Å²) in [5, 5.41) is 2.46. The van der Waals surface area contributed by atoms with Crippen LogP contribution in [0.4, 0.5) is 34.1 Å². The summed E-state index contributed by atoms with van der Waals surface area (Å²) in [6, 6.07) is 104. The molecule has 3 nitrogen and oxygen atoms in total. The molecule has 0 spiro atoms. The molecule has 0 radical (unpaired) electrons. The van der Waals surface area contributed by atoms with Crippen molar-refractivity contribution in [1.29, 1.82) is 0 Å². The maximum absolute atomic E-state index is 2.46. The molecule has 70 heavy (non-hydrogen) atoms. The van der Waals surface area contributed by atoms with E-state index in [1.807, 2.05) is 0 Å². The fourth-order valence-electron chi connectivity index (χ4n) is 11.2. The molecule has 1 aromatic heterocycles. The number of fused-ring (bicyclic) bond motifs is 5. The number of benzene rings is 11. The van der Waals surface area contributed by atoms with E-state index in [2.05, 4.69) is 299 Å². The third kappa shape index (κ3) is 6.74. The van der Waals surface area contributed by atoms with Gasteiger partial charge in [0.2, 0.25) is 0 Å². The summed E-state index contributed by atoms with van der Waals surface area (Å²) in [5.74, 6) is 0. The predicted molar refractivity (Wildman–Crippen MR) is 293 cm³/mol. The van der Waals surface area contributed by atoms with Crippen LogP contribution in [-0.2, 0) is 5.41 Å². The summed E-state index contributed by atoms with van der Waals surface area (Å²) >= 11 is 0. The molecule has 0 bridgehead atoms. The second kappa shape index (κ2) is 17.2. The zero-order valence-corrected chi connectivity index (χ0v) is 38.5. The maximum Gasteiger partial charge on any atom is 0.0742 e. The van der Waals surface area contributed by atoms with Gasteiger partial charge in [-0.25, -0.2) is 0 Å². The van der Waals surface area contributed by atoms with Gasteiger partial charge in [-0.1, -0.05) is 200 Å². The number of nitrogens with zero attached hydrogens (tertiary/aromatic N) is 3. The number of hydrogen-bond acceptors (Lipinski definition) is 2. The van der Waals surface area contributed by atoms with E-state index in [1.54, 1.807) is 0 Å². The van der Waals surface area contributed by atoms with Crippen LogP contribution in [0.3, 0.4) is 0 Å². The van der Waals surface area contributed by atoms with Gasteiger partial charge in [-0.3, -0.25) is 0 Å². The Morgan fingerprint density at radius 2 is 0.786 bits per heavy atom. The Labute approximate surface area is 409 Å². The van der Waals surface area contributed by atoms with E-state index in [0.29, 0.717) is 0 Å². The SMILES string of the molecule is c1ccc(-c2ccc(N(c3cccc(-c4ccc5c(c4)c4ccccc4n5-c4ccccc4)c3)c3ccc4c(c3)N(c3ccccc3)c3ccccc3C4(c3ccccc3)c3ccccc3)cc2)cc1. The molecule has 13 rings (SSSR count). The van der Waals surface area contributed by atoms with Crippen LogP contribution in [0.25, 0.3) is 49.7 Å². The Balaban J connectivity index is 1.03. The first-order valence-corrected chi connectivity index (χ1v) is 24.1. The first-order valence-electron chi connectivity index (χ1n) is 24.1. The van der Waals surface area contributed by atoms with E-state index in [1.165, 1.54) is 55.2 Å². The minimum atomic E-state index is -0.609. The second-order valence-corrected chi connectivity index (χ2v) is 18.1. The Morgan fingerprint density at radius 1 is 0.286 bits per heavy atom. The van der Waals surface area contributed by atoms with E-state index in [9.17, 15) is 0 Å². The van der Waals surface area contributed by atoms with Crippen LogP contribution in [-0.4, -0.2) is 4.57 Å². The van der Waals surface area contributed by atoms with Crippen LogP contribution in [0.15, 0.2) is 285 Å². The third-order valence-corrected chi connectivity index (χ3v) is 14.2. The van der Waals surface area contributed by atoms with Crippen molar-refractivity contribution < 1.29 is 0 Å². The lowest BCUT2D eigenvalue weighted by Gasteiger charge is -2.47. The minimum Gasteiger partial charge on any atom is -0.310 e. The highest BCUT2D eigenvalue weighted by Crippen LogP contribution is 2.58. The van der Waals surface area contributed by atoms with E-state index >= 15 is 0 Å². The molecule has 0 atom stereocenters. The quantitative estimate of drug-likeness (QED) is 0.143. The van der Waals surface area contributed by atoms with Gasteiger partial charge in [-0.05, 0) is 129 Å². The highest BCUT2D eigenvalue weighted by atomic mass is 15.2. The standard InChI is InChI=1S/C67H47N3/c1-6-21-48(22-7-1)49-37-40-56(41-38-49)68(57-32-20-23-50(45-57)51-39-44-64-60(46-51)59-33-16-18-35-63(59)69(64)54-28-12-4-13-29-54)58-42-43-62-66(47-58)70(55-30-14-5-15-31-55)65-36-19-17-34-61(65)67(62,52-24-8-2-9-25-52)53-26-10-3-11-27-53/h1-47H. The zero-order chi connectivity index (χ0) is 46.4. The largest absolute Gasteiger partial charge is 0.310 e. The number of para-hydroxylation sites is 4. The monoisotopic (exact) mass is 893 g/mol. The molecular formula is C67H47N3. The van der Waals surface area contributed by atoms with E-state index in [4.69, 9.17) is 0 Å². The second-order valence-electron chi connectivity index (χ2n) is 18.1. The van der Waals surface area contributed by atoms with Crippen LogP contribution in [0, 0.1) is 0 Å². The van der Waals surface area contributed by atoms with Gasteiger partial charge in [0.1, 0.15) is 0 Å². The smallest absolute Gasteiger partial charge is 0.0742 e. The van der Waals surface area contributed by atoms with Gasteiger partial charge in [-0.2, -0.15) is 0 Å². The molecule has 0 saturated carbocycles. The van der Waals surface area contributed by atoms with Gasteiger partial charge in [-0.15, -0.1) is 0 Å². The first kappa shape index (κ1) is 41.0. The lowest BCUT2D eigenvalue weighted by Crippen LogP contribution is -2.37. The summed E-state index contributed by atoms with van der Waals surface area (Å²) in [6.07, 6.45) is 0. The van der Waals surface area contributed by atoms with Crippen LogP contribution < -0.4 is 9.80 Å². The first-order chi connectivity index (χ1) is 34.7. The lowest BCUT2D eigenvalue weighted by molar-refractivity contribution is 0.731. The number of rotatable bonds is 9. The van der Waals surface area contributed by atoms with E-state index in [0.717, 1.165) is 50.9 Å². The van der Waals surface area contributed by atoms with Gasteiger partial charge in [0.15, 0.2) is 0 Å². The van der Waals surface area contributed by atoms with Crippen molar-refractivity contribution in [3.8, 4) is 27.9 Å². The van der Waals surface area contributed by atoms with Crippen LogP contribution in [0.2, 0.25) is 0 Å². The summed E-state index contributed by atoms with van der Waals surface area (Å²) in [5.41, 5.74) is 19.1. The zero-order valence-electron chi connectivity index (χ0n) is 38.5. The third-order valence-electron chi connectivity index (χ3n) is 14.2. The number of aromatic nitrogens is 1. The van der Waals surface area contributed by atoms with E-state index < -0.39 is 5.41 Å². The average Bonchev–Trinajstić information content (AvgIpc) is 3.78. The molecule has 330 valence electrons. The summed E-state index contributed by atoms with van der Waals surface area (Å²) in [7, 11) is 0. The molecule has 0 aliphatic carbocycles. The molecular weight excluding hydrogens is 847 g/mol. The summed E-state index contributed by atoms with van der Waals surface area (Å²) in [6.45, 7) is 0. The van der Waals surface area contributed by atoms with Crippen molar-refractivity contribution in [2.45, 2.75) is 5.41 Å². The van der Waals surface area contributed by atoms with Crippen molar-refractivity contribution in [2.75, 3.05) is 9.80 Å². The van der Waals surface area contributed by atoms with Gasteiger partial charge in [0.25, 0.3) is 0 Å². The lowest BCUT2D eigenvalue weighted by atomic mass is 9.62. The fraction of sp³-hybridized carbons (Fsp3) is 0.0149. The van der Waals surface area contributed by atoms with Crippen molar-refractivity contribution in [3.63, 3.8) is 0 Å². The Bertz CT molecular complexity index is 3770. The van der Waals surface area contributed by atoms with Crippen molar-refractivity contribution >= 4 is 55.9 Å². The minimum absolute atomic E-state index is 0.609. The average molecular weight is 894 g/mol. The molecule has 3 heteroatoms. The summed E-state index contributed by atoms with van der Waals surface area (Å²) < 4.78 is 2.38. The summed E-state index contributed by atoms with van der Waals surface area (Å²) in [4.78, 5) is 4.89. The topological polar surface area (TPSA) is 11.4 Å². The number of hydrogen-bond donors (Lipinski definition) is 0. The van der Waals surface area contributed by atoms with Crippen molar-refractivity contribution in [1.82, 2.24) is 4.57 Å². The number of anilines is 6. The Hall–Kier alpha value is -9.18. The maximum atomic E-state index is 2.46. The van der Waals surface area contributed by atoms with E-state index in [-0.39, 0.29) is 0 Å². The van der Waals surface area contributed by atoms with Crippen LogP contribution in [0.1, 0.15) is 22.3 Å². The molecule has 11 aromatic carbocycles. The molecule has 1 aliphatic heterocycles. The Kier molecular flexibility index (Phi) is 10.1. The highest BCUT2D eigenvalue weighted by molar-refractivity contribution is 6.10. The molecule has 12 aromatic rings. The molecule has 0 saturated heterocycles.